The topological polar surface area (TPSA) is 45.2 Å². The third-order valence-electron chi connectivity index (χ3n) is 1.95. The van der Waals surface area contributed by atoms with E-state index in [2.05, 4.69) is 24.1 Å². The molecular weight excluding hydrogens is 198 g/mol. The third-order valence-corrected chi connectivity index (χ3v) is 2.64. The zero-order valence-electron chi connectivity index (χ0n) is 8.65. The Labute approximate surface area is 88.0 Å². The maximum atomic E-state index is 11.4. The van der Waals surface area contributed by atoms with Gasteiger partial charge in [0.25, 0.3) is 0 Å². The second kappa shape index (κ2) is 5.07. The van der Waals surface area contributed by atoms with Gasteiger partial charge in [0.2, 0.25) is 5.91 Å². The number of hydrogen-bond acceptors (Lipinski definition) is 4. The molecule has 0 saturated carbocycles. The number of carbonyl (C=O) groups is 1. The third kappa shape index (κ3) is 3.43. The molecule has 0 bridgehead atoms. The fraction of sp³-hybridized carbons (Fsp3) is 0.556. The van der Waals surface area contributed by atoms with Crippen LogP contribution in [-0.4, -0.2) is 35.4 Å². The summed E-state index contributed by atoms with van der Waals surface area (Å²) >= 11 is 1.43. The van der Waals surface area contributed by atoms with Gasteiger partial charge in [-0.1, -0.05) is 0 Å². The fourth-order valence-electron chi connectivity index (χ4n) is 0.853. The molecule has 0 aliphatic heterocycles. The Kier molecular flexibility index (Phi) is 4.03. The van der Waals surface area contributed by atoms with E-state index in [-0.39, 0.29) is 5.91 Å². The predicted molar refractivity (Wildman–Crippen MR) is 58.5 cm³/mol. The average molecular weight is 213 g/mol. The van der Waals surface area contributed by atoms with E-state index < -0.39 is 0 Å². The number of anilines is 1. The molecule has 5 heteroatoms. The number of nitrogens with one attached hydrogen (secondary N) is 1. The lowest BCUT2D eigenvalue weighted by Gasteiger charge is -2.19. The molecule has 0 aliphatic carbocycles. The summed E-state index contributed by atoms with van der Waals surface area (Å²) in [6.45, 7) is 4.50. The van der Waals surface area contributed by atoms with E-state index in [1.165, 1.54) is 11.3 Å². The smallest absolute Gasteiger partial charge is 0.240 e. The summed E-state index contributed by atoms with van der Waals surface area (Å²) in [6.07, 6.45) is 1.67. The molecule has 1 aromatic rings. The summed E-state index contributed by atoms with van der Waals surface area (Å²) in [6, 6.07) is 0.372. The Balaban J connectivity index is 2.36. The molecule has 4 nitrogen and oxygen atoms in total. The Morgan fingerprint density at radius 1 is 1.71 bits per heavy atom. The van der Waals surface area contributed by atoms with Gasteiger partial charge in [0.15, 0.2) is 5.13 Å². The molecule has 1 amide bonds. The molecular formula is C9H15N3OS. The van der Waals surface area contributed by atoms with E-state index in [9.17, 15) is 4.79 Å². The molecule has 78 valence electrons. The van der Waals surface area contributed by atoms with Crippen LogP contribution in [0.3, 0.4) is 0 Å². The highest BCUT2D eigenvalue weighted by atomic mass is 32.1. The molecule has 1 heterocycles. The first-order valence-corrected chi connectivity index (χ1v) is 5.37. The molecule has 0 radical (unpaired) electrons. The summed E-state index contributed by atoms with van der Waals surface area (Å²) in [4.78, 5) is 17.4. The highest BCUT2D eigenvalue weighted by Gasteiger charge is 2.09. The molecule has 1 rings (SSSR count). The quantitative estimate of drug-likeness (QED) is 0.822. The van der Waals surface area contributed by atoms with Crippen LogP contribution in [0.15, 0.2) is 11.6 Å². The van der Waals surface area contributed by atoms with Crippen molar-refractivity contribution in [1.29, 1.82) is 0 Å². The van der Waals surface area contributed by atoms with Crippen LogP contribution in [0.2, 0.25) is 0 Å². The van der Waals surface area contributed by atoms with E-state index in [0.717, 1.165) is 0 Å². The number of likely N-dealkylation sites (N-methyl/N-ethyl adjacent to an activating group) is 1. The van der Waals surface area contributed by atoms with Crippen LogP contribution in [-0.2, 0) is 4.79 Å². The monoisotopic (exact) mass is 213 g/mol. The van der Waals surface area contributed by atoms with E-state index in [1.54, 1.807) is 6.20 Å². The Hall–Kier alpha value is -0.940. The highest BCUT2D eigenvalue weighted by molar-refractivity contribution is 7.13. The maximum Gasteiger partial charge on any atom is 0.240 e. The van der Waals surface area contributed by atoms with Gasteiger partial charge >= 0.3 is 0 Å². The number of amides is 1. The zero-order valence-corrected chi connectivity index (χ0v) is 9.47. The van der Waals surface area contributed by atoms with Gasteiger partial charge in [0, 0.05) is 17.6 Å². The molecule has 0 aliphatic rings. The molecule has 1 N–H and O–H groups in total. The number of aromatic nitrogens is 1. The van der Waals surface area contributed by atoms with Gasteiger partial charge in [0.05, 0.1) is 6.54 Å². The maximum absolute atomic E-state index is 11.4. The molecule has 0 atom stereocenters. The van der Waals surface area contributed by atoms with Crippen molar-refractivity contribution in [2.75, 3.05) is 18.9 Å². The van der Waals surface area contributed by atoms with E-state index >= 15 is 0 Å². The van der Waals surface area contributed by atoms with Crippen molar-refractivity contribution in [3.05, 3.63) is 11.6 Å². The largest absolute Gasteiger partial charge is 0.301 e. The Morgan fingerprint density at radius 3 is 2.93 bits per heavy atom. The van der Waals surface area contributed by atoms with Crippen molar-refractivity contribution in [1.82, 2.24) is 9.88 Å². The van der Waals surface area contributed by atoms with Crippen LogP contribution in [0.5, 0.6) is 0 Å². The minimum Gasteiger partial charge on any atom is -0.301 e. The van der Waals surface area contributed by atoms with Crippen molar-refractivity contribution in [3.8, 4) is 0 Å². The van der Waals surface area contributed by atoms with E-state index in [4.69, 9.17) is 0 Å². The lowest BCUT2D eigenvalue weighted by molar-refractivity contribution is -0.117. The van der Waals surface area contributed by atoms with Gasteiger partial charge in [-0.2, -0.15) is 0 Å². The standard InChI is InChI=1S/C9H15N3OS/c1-7(2)12(3)6-8(13)11-9-10-4-5-14-9/h4-5,7H,6H2,1-3H3,(H,10,11,13). The number of nitrogens with zero attached hydrogens (tertiary/aromatic N) is 2. The van der Waals surface area contributed by atoms with Gasteiger partial charge in [-0.25, -0.2) is 4.98 Å². The van der Waals surface area contributed by atoms with Crippen molar-refractivity contribution in [3.63, 3.8) is 0 Å². The molecule has 1 aromatic heterocycles. The molecule has 0 fully saturated rings. The van der Waals surface area contributed by atoms with Crippen LogP contribution >= 0.6 is 11.3 Å². The summed E-state index contributed by atoms with van der Waals surface area (Å²) in [5, 5.41) is 5.23. The predicted octanol–water partition coefficient (Wildman–Crippen LogP) is 1.42. The van der Waals surface area contributed by atoms with Gasteiger partial charge < -0.3 is 5.32 Å². The van der Waals surface area contributed by atoms with Gasteiger partial charge in [0.1, 0.15) is 0 Å². The number of hydrogen-bond donors (Lipinski definition) is 1. The van der Waals surface area contributed by atoms with Crippen molar-refractivity contribution < 1.29 is 4.79 Å². The number of thiazole rings is 1. The van der Waals surface area contributed by atoms with Crippen molar-refractivity contribution in [2.45, 2.75) is 19.9 Å². The number of carbonyl (C=O) groups excluding carboxylic acids is 1. The average Bonchev–Trinajstić information content (AvgIpc) is 2.56. The van der Waals surface area contributed by atoms with E-state index in [1.807, 2.05) is 17.3 Å². The first-order chi connectivity index (χ1) is 6.59. The van der Waals surface area contributed by atoms with Gasteiger partial charge in [-0.3, -0.25) is 9.69 Å². The molecule has 0 saturated heterocycles. The van der Waals surface area contributed by atoms with Crippen LogP contribution in [0.1, 0.15) is 13.8 Å². The number of rotatable bonds is 4. The first-order valence-electron chi connectivity index (χ1n) is 4.49. The van der Waals surface area contributed by atoms with Crippen LogP contribution in [0.25, 0.3) is 0 Å². The fourth-order valence-corrected chi connectivity index (χ4v) is 1.40. The summed E-state index contributed by atoms with van der Waals surface area (Å²) in [5.41, 5.74) is 0. The first kappa shape index (κ1) is 11.1. The molecule has 0 spiro atoms. The normalized spacial score (nSPS) is 10.9. The molecule has 0 aromatic carbocycles. The summed E-state index contributed by atoms with van der Waals surface area (Å²) < 4.78 is 0. The second-order valence-electron chi connectivity index (χ2n) is 3.39. The SMILES string of the molecule is CC(C)N(C)CC(=O)Nc1nccs1. The zero-order chi connectivity index (χ0) is 10.6. The van der Waals surface area contributed by atoms with Crippen LogP contribution in [0.4, 0.5) is 5.13 Å². The van der Waals surface area contributed by atoms with E-state index in [0.29, 0.717) is 17.7 Å². The van der Waals surface area contributed by atoms with Gasteiger partial charge in [-0.15, -0.1) is 11.3 Å². The van der Waals surface area contributed by atoms with Crippen molar-refractivity contribution in [2.24, 2.45) is 0 Å². The minimum atomic E-state index is -0.0175. The molecule has 0 unspecified atom stereocenters. The Morgan fingerprint density at radius 2 is 2.43 bits per heavy atom. The lowest BCUT2D eigenvalue weighted by Crippen LogP contribution is -2.34. The Bertz CT molecular complexity index is 284. The summed E-state index contributed by atoms with van der Waals surface area (Å²) in [7, 11) is 1.92. The van der Waals surface area contributed by atoms with Crippen LogP contribution < -0.4 is 5.32 Å². The van der Waals surface area contributed by atoms with Crippen LogP contribution in [0, 0.1) is 0 Å². The molecule has 14 heavy (non-hydrogen) atoms. The minimum absolute atomic E-state index is 0.0175. The summed E-state index contributed by atoms with van der Waals surface area (Å²) in [5.74, 6) is -0.0175. The lowest BCUT2D eigenvalue weighted by atomic mass is 10.3. The van der Waals surface area contributed by atoms with Crippen molar-refractivity contribution >= 4 is 22.4 Å². The highest BCUT2D eigenvalue weighted by Crippen LogP contribution is 2.09. The van der Waals surface area contributed by atoms with Gasteiger partial charge in [-0.05, 0) is 20.9 Å². The second-order valence-corrected chi connectivity index (χ2v) is 4.29.